The minimum Gasteiger partial charge on any atom is -0.486 e. The number of benzene rings is 1. The van der Waals surface area contributed by atoms with Crippen LogP contribution in [0.3, 0.4) is 0 Å². The second-order valence-electron chi connectivity index (χ2n) is 6.94. The molecule has 0 aliphatic rings. The monoisotopic (exact) mass is 414 g/mol. The van der Waals surface area contributed by atoms with E-state index in [-0.39, 0.29) is 0 Å². The van der Waals surface area contributed by atoms with E-state index in [1.54, 1.807) is 0 Å². The molecular formula is C22H30N4O2S. The molecule has 2 aromatic heterocycles. The van der Waals surface area contributed by atoms with Crippen molar-refractivity contribution in [1.82, 2.24) is 19.7 Å². The van der Waals surface area contributed by atoms with Crippen LogP contribution in [-0.2, 0) is 19.6 Å². The molecule has 0 atom stereocenters. The summed E-state index contributed by atoms with van der Waals surface area (Å²) in [5.41, 5.74) is 1.29. The van der Waals surface area contributed by atoms with Gasteiger partial charge in [-0.25, -0.2) is 0 Å². The molecule has 7 heteroatoms. The molecule has 1 N–H and O–H groups in total. The molecular weight excluding hydrogens is 384 g/mol. The van der Waals surface area contributed by atoms with Gasteiger partial charge in [0.25, 0.3) is 0 Å². The molecule has 0 amide bonds. The fourth-order valence-corrected chi connectivity index (χ4v) is 3.48. The summed E-state index contributed by atoms with van der Waals surface area (Å²) in [6.45, 7) is 10.8. The van der Waals surface area contributed by atoms with Gasteiger partial charge in [0.05, 0.1) is 0 Å². The lowest BCUT2D eigenvalue weighted by Gasteiger charge is -2.17. The molecule has 3 aromatic rings. The van der Waals surface area contributed by atoms with Gasteiger partial charge in [-0.15, -0.1) is 0 Å². The molecule has 0 radical (unpaired) electrons. The Bertz CT molecular complexity index is 938. The lowest BCUT2D eigenvalue weighted by molar-refractivity contribution is 0.271. The summed E-state index contributed by atoms with van der Waals surface area (Å²) < 4.78 is 14.4. The van der Waals surface area contributed by atoms with Crippen molar-refractivity contribution in [1.29, 1.82) is 0 Å². The standard InChI is InChI=1S/C22H30N4O2S/c1-4-17-8-10-18(11-9-17)27-16-19-12-13-20(28-19)21-23-24-22(29)26(21)15-7-14-25(5-2)6-3/h8-13H,4-7,14-16H2,1-3H3,(H,24,29). The van der Waals surface area contributed by atoms with E-state index in [0.29, 0.717) is 17.1 Å². The molecule has 0 spiro atoms. The Morgan fingerprint density at radius 3 is 2.55 bits per heavy atom. The largest absolute Gasteiger partial charge is 0.486 e. The molecule has 0 saturated heterocycles. The van der Waals surface area contributed by atoms with Gasteiger partial charge in [0.2, 0.25) is 0 Å². The highest BCUT2D eigenvalue weighted by atomic mass is 32.1. The zero-order chi connectivity index (χ0) is 20.6. The number of furan rings is 1. The van der Waals surface area contributed by atoms with E-state index < -0.39 is 0 Å². The second kappa shape index (κ2) is 10.4. The number of ether oxygens (including phenoxy) is 1. The fourth-order valence-electron chi connectivity index (χ4n) is 3.26. The van der Waals surface area contributed by atoms with Crippen molar-refractivity contribution >= 4 is 12.2 Å². The number of nitrogens with one attached hydrogen (secondary N) is 1. The summed E-state index contributed by atoms with van der Waals surface area (Å²) in [7, 11) is 0. The van der Waals surface area contributed by atoms with Gasteiger partial charge in [-0.05, 0) is 74.5 Å². The van der Waals surface area contributed by atoms with Crippen LogP contribution in [0.4, 0.5) is 0 Å². The third-order valence-corrected chi connectivity index (χ3v) is 5.42. The van der Waals surface area contributed by atoms with Crippen molar-refractivity contribution in [3.05, 3.63) is 52.5 Å². The smallest absolute Gasteiger partial charge is 0.198 e. The molecule has 0 unspecified atom stereocenters. The third-order valence-electron chi connectivity index (χ3n) is 5.10. The third kappa shape index (κ3) is 5.58. The van der Waals surface area contributed by atoms with Crippen molar-refractivity contribution in [3.63, 3.8) is 0 Å². The highest BCUT2D eigenvalue weighted by Crippen LogP contribution is 2.22. The first kappa shape index (κ1) is 21.3. The minimum absolute atomic E-state index is 0.374. The molecule has 0 aliphatic heterocycles. The molecule has 156 valence electrons. The van der Waals surface area contributed by atoms with Gasteiger partial charge in [0.1, 0.15) is 18.1 Å². The van der Waals surface area contributed by atoms with Crippen molar-refractivity contribution in [2.24, 2.45) is 0 Å². The Morgan fingerprint density at radius 1 is 1.10 bits per heavy atom. The second-order valence-corrected chi connectivity index (χ2v) is 7.32. The van der Waals surface area contributed by atoms with Gasteiger partial charge in [-0.1, -0.05) is 32.9 Å². The van der Waals surface area contributed by atoms with Crippen molar-refractivity contribution in [2.75, 3.05) is 19.6 Å². The number of aromatic nitrogens is 3. The first-order valence-electron chi connectivity index (χ1n) is 10.3. The summed E-state index contributed by atoms with van der Waals surface area (Å²) in [6.07, 6.45) is 2.03. The Hall–Kier alpha value is -2.38. The first-order chi connectivity index (χ1) is 14.1. The van der Waals surface area contributed by atoms with Crippen molar-refractivity contribution in [2.45, 2.75) is 46.8 Å². The molecule has 3 rings (SSSR count). The normalized spacial score (nSPS) is 11.3. The van der Waals surface area contributed by atoms with Crippen molar-refractivity contribution in [3.8, 4) is 17.3 Å². The van der Waals surface area contributed by atoms with E-state index in [1.807, 2.05) is 28.8 Å². The number of hydrogen-bond donors (Lipinski definition) is 1. The zero-order valence-electron chi connectivity index (χ0n) is 17.5. The van der Waals surface area contributed by atoms with Gasteiger partial charge in [0, 0.05) is 6.54 Å². The Labute approximate surface area is 177 Å². The lowest BCUT2D eigenvalue weighted by atomic mass is 10.2. The molecule has 6 nitrogen and oxygen atoms in total. The predicted octanol–water partition coefficient (Wildman–Crippen LogP) is 5.07. The number of aryl methyl sites for hydroxylation is 1. The predicted molar refractivity (Wildman–Crippen MR) is 118 cm³/mol. The number of rotatable bonds is 11. The van der Waals surface area contributed by atoms with Crippen molar-refractivity contribution < 1.29 is 9.15 Å². The van der Waals surface area contributed by atoms with Gasteiger partial charge in [-0.3, -0.25) is 9.67 Å². The molecule has 2 heterocycles. The molecule has 0 fully saturated rings. The first-order valence-corrected chi connectivity index (χ1v) is 10.7. The van der Waals surface area contributed by atoms with Crippen LogP contribution >= 0.6 is 12.2 Å². The number of nitrogens with zero attached hydrogens (tertiary/aromatic N) is 3. The van der Waals surface area contributed by atoms with Crippen LogP contribution in [0.1, 0.15) is 38.5 Å². The van der Waals surface area contributed by atoms with E-state index in [9.17, 15) is 0 Å². The quantitative estimate of drug-likeness (QED) is 0.444. The van der Waals surface area contributed by atoms with Gasteiger partial charge in [-0.2, -0.15) is 5.10 Å². The summed E-state index contributed by atoms with van der Waals surface area (Å²) in [4.78, 5) is 2.40. The number of aromatic amines is 1. The average molecular weight is 415 g/mol. The van der Waals surface area contributed by atoms with E-state index >= 15 is 0 Å². The van der Waals surface area contributed by atoms with Crippen LogP contribution in [0.5, 0.6) is 5.75 Å². The minimum atomic E-state index is 0.374. The van der Waals surface area contributed by atoms with E-state index in [2.05, 4.69) is 48.0 Å². The van der Waals surface area contributed by atoms with Gasteiger partial charge < -0.3 is 14.1 Å². The van der Waals surface area contributed by atoms with Gasteiger partial charge in [0.15, 0.2) is 16.4 Å². The molecule has 1 aromatic carbocycles. The Kier molecular flexibility index (Phi) is 7.66. The maximum Gasteiger partial charge on any atom is 0.198 e. The molecule has 0 aliphatic carbocycles. The van der Waals surface area contributed by atoms with Gasteiger partial charge >= 0.3 is 0 Å². The topological polar surface area (TPSA) is 59.2 Å². The molecule has 0 saturated carbocycles. The lowest BCUT2D eigenvalue weighted by Crippen LogP contribution is -2.24. The van der Waals surface area contributed by atoms with Crippen LogP contribution < -0.4 is 4.74 Å². The Morgan fingerprint density at radius 2 is 1.86 bits per heavy atom. The maximum absolute atomic E-state index is 5.98. The van der Waals surface area contributed by atoms with Crippen LogP contribution in [0.15, 0.2) is 40.8 Å². The summed E-state index contributed by atoms with van der Waals surface area (Å²) in [5, 5.41) is 7.26. The summed E-state index contributed by atoms with van der Waals surface area (Å²) >= 11 is 5.42. The fraction of sp³-hybridized carbons (Fsp3) is 0.455. The summed E-state index contributed by atoms with van der Waals surface area (Å²) in [5.74, 6) is 3.01. The van der Waals surface area contributed by atoms with Crippen LogP contribution in [-0.4, -0.2) is 39.3 Å². The van der Waals surface area contributed by atoms with E-state index in [4.69, 9.17) is 21.4 Å². The maximum atomic E-state index is 5.98. The SMILES string of the molecule is CCc1ccc(OCc2ccc(-c3n[nH]c(=S)n3CCCN(CC)CC)o2)cc1. The molecule has 29 heavy (non-hydrogen) atoms. The van der Waals surface area contributed by atoms with Crippen LogP contribution in [0.25, 0.3) is 11.6 Å². The Balaban J connectivity index is 1.63. The average Bonchev–Trinajstić information content (AvgIpc) is 3.36. The van der Waals surface area contributed by atoms with E-state index in [0.717, 1.165) is 56.4 Å². The highest BCUT2D eigenvalue weighted by Gasteiger charge is 2.14. The van der Waals surface area contributed by atoms with Crippen LogP contribution in [0, 0.1) is 4.77 Å². The number of hydrogen-bond acceptors (Lipinski definition) is 5. The van der Waals surface area contributed by atoms with E-state index in [1.165, 1.54) is 5.56 Å². The highest BCUT2D eigenvalue weighted by molar-refractivity contribution is 7.71. The van der Waals surface area contributed by atoms with Crippen LogP contribution in [0.2, 0.25) is 0 Å². The number of H-pyrrole nitrogens is 1. The summed E-state index contributed by atoms with van der Waals surface area (Å²) in [6, 6.07) is 12.0. The molecule has 0 bridgehead atoms. The zero-order valence-corrected chi connectivity index (χ0v) is 18.3.